The van der Waals surface area contributed by atoms with E-state index in [4.69, 9.17) is 17.3 Å². The van der Waals surface area contributed by atoms with Crippen molar-refractivity contribution in [2.75, 3.05) is 0 Å². The molecule has 1 heterocycles. The Kier molecular flexibility index (Phi) is 3.81. The van der Waals surface area contributed by atoms with Crippen molar-refractivity contribution >= 4 is 27.5 Å². The van der Waals surface area contributed by atoms with E-state index in [2.05, 4.69) is 26.0 Å². The quantitative estimate of drug-likeness (QED) is 0.947. The standard InChI is InChI=1S/C11H12BrClN4/c1-2-17-11(15-6-16-17)10(14)8-4-3-7(12)5-9(8)13/h3-6,10H,2,14H2,1H3. The van der Waals surface area contributed by atoms with Crippen molar-refractivity contribution in [1.29, 1.82) is 0 Å². The number of hydrogen-bond donors (Lipinski definition) is 1. The van der Waals surface area contributed by atoms with Gasteiger partial charge in [0.25, 0.3) is 0 Å². The van der Waals surface area contributed by atoms with Crippen molar-refractivity contribution in [3.05, 3.63) is 45.4 Å². The lowest BCUT2D eigenvalue weighted by molar-refractivity contribution is 0.592. The summed E-state index contributed by atoms with van der Waals surface area (Å²) in [6, 6.07) is 5.26. The van der Waals surface area contributed by atoms with Gasteiger partial charge in [0.05, 0.1) is 6.04 Å². The minimum absolute atomic E-state index is 0.363. The lowest BCUT2D eigenvalue weighted by atomic mass is 10.1. The fraction of sp³-hybridized carbons (Fsp3) is 0.273. The predicted molar refractivity (Wildman–Crippen MR) is 70.9 cm³/mol. The summed E-state index contributed by atoms with van der Waals surface area (Å²) < 4.78 is 2.69. The Morgan fingerprint density at radius 2 is 2.29 bits per heavy atom. The van der Waals surface area contributed by atoms with Gasteiger partial charge >= 0.3 is 0 Å². The lowest BCUT2D eigenvalue weighted by Crippen LogP contribution is -2.18. The molecule has 0 radical (unpaired) electrons. The zero-order chi connectivity index (χ0) is 12.4. The first-order chi connectivity index (χ1) is 8.13. The van der Waals surface area contributed by atoms with E-state index in [1.165, 1.54) is 6.33 Å². The first kappa shape index (κ1) is 12.5. The number of rotatable bonds is 3. The summed E-state index contributed by atoms with van der Waals surface area (Å²) in [6.45, 7) is 2.73. The van der Waals surface area contributed by atoms with E-state index >= 15 is 0 Å². The first-order valence-electron chi connectivity index (χ1n) is 5.21. The molecule has 0 aliphatic carbocycles. The van der Waals surface area contributed by atoms with Gasteiger partial charge in [0.2, 0.25) is 0 Å². The zero-order valence-electron chi connectivity index (χ0n) is 9.27. The molecule has 2 rings (SSSR count). The molecule has 0 fully saturated rings. The lowest BCUT2D eigenvalue weighted by Gasteiger charge is -2.13. The topological polar surface area (TPSA) is 56.7 Å². The van der Waals surface area contributed by atoms with Crippen LogP contribution < -0.4 is 5.73 Å². The second-order valence-corrected chi connectivity index (χ2v) is 4.90. The van der Waals surface area contributed by atoms with Crippen molar-refractivity contribution in [2.45, 2.75) is 19.5 Å². The Bertz CT molecular complexity index is 526. The van der Waals surface area contributed by atoms with Crippen molar-refractivity contribution in [1.82, 2.24) is 14.8 Å². The summed E-state index contributed by atoms with van der Waals surface area (Å²) in [5, 5.41) is 4.72. The maximum Gasteiger partial charge on any atom is 0.148 e. The summed E-state index contributed by atoms with van der Waals surface area (Å²) in [5.41, 5.74) is 7.01. The van der Waals surface area contributed by atoms with Crippen LogP contribution in [0.5, 0.6) is 0 Å². The summed E-state index contributed by atoms with van der Waals surface area (Å²) in [5.74, 6) is 0.719. The molecule has 6 heteroatoms. The van der Waals surface area contributed by atoms with Crippen molar-refractivity contribution < 1.29 is 0 Å². The van der Waals surface area contributed by atoms with E-state index in [1.54, 1.807) is 4.68 Å². The molecular formula is C11H12BrClN4. The van der Waals surface area contributed by atoms with E-state index in [1.807, 2.05) is 25.1 Å². The predicted octanol–water partition coefficient (Wildman–Crippen LogP) is 2.76. The van der Waals surface area contributed by atoms with Gasteiger partial charge < -0.3 is 5.73 Å². The number of nitrogens with zero attached hydrogens (tertiary/aromatic N) is 3. The Balaban J connectivity index is 2.40. The van der Waals surface area contributed by atoms with Crippen molar-refractivity contribution in [3.8, 4) is 0 Å². The summed E-state index contributed by atoms with van der Waals surface area (Å²) in [7, 11) is 0. The molecule has 1 aromatic carbocycles. The highest BCUT2D eigenvalue weighted by atomic mass is 79.9. The molecule has 17 heavy (non-hydrogen) atoms. The highest BCUT2D eigenvalue weighted by molar-refractivity contribution is 9.10. The monoisotopic (exact) mass is 314 g/mol. The third kappa shape index (κ3) is 2.51. The molecule has 0 amide bonds. The van der Waals surface area contributed by atoms with E-state index in [9.17, 15) is 0 Å². The van der Waals surface area contributed by atoms with Crippen LogP contribution in [-0.2, 0) is 6.54 Å². The fourth-order valence-corrected chi connectivity index (χ4v) is 2.44. The zero-order valence-corrected chi connectivity index (χ0v) is 11.6. The Morgan fingerprint density at radius 3 is 2.94 bits per heavy atom. The third-order valence-electron chi connectivity index (χ3n) is 2.52. The van der Waals surface area contributed by atoms with Gasteiger partial charge in [0.1, 0.15) is 12.2 Å². The molecule has 0 spiro atoms. The van der Waals surface area contributed by atoms with E-state index in [0.717, 1.165) is 22.4 Å². The van der Waals surface area contributed by atoms with Crippen molar-refractivity contribution in [3.63, 3.8) is 0 Å². The van der Waals surface area contributed by atoms with Crippen LogP contribution in [0.15, 0.2) is 29.0 Å². The van der Waals surface area contributed by atoms with Crippen LogP contribution in [0.2, 0.25) is 5.02 Å². The van der Waals surface area contributed by atoms with Crippen LogP contribution in [-0.4, -0.2) is 14.8 Å². The van der Waals surface area contributed by atoms with E-state index in [0.29, 0.717) is 5.02 Å². The summed E-state index contributed by atoms with van der Waals surface area (Å²) >= 11 is 9.53. The van der Waals surface area contributed by atoms with E-state index in [-0.39, 0.29) is 6.04 Å². The molecule has 2 N–H and O–H groups in total. The fourth-order valence-electron chi connectivity index (χ4n) is 1.65. The molecule has 1 atom stereocenters. The largest absolute Gasteiger partial charge is 0.318 e. The molecule has 1 aromatic heterocycles. The van der Waals surface area contributed by atoms with Gasteiger partial charge in [-0.15, -0.1) is 0 Å². The van der Waals surface area contributed by atoms with Crippen LogP contribution in [0.4, 0.5) is 0 Å². The maximum atomic E-state index is 6.17. The Hall–Kier alpha value is -0.910. The number of halogens is 2. The highest BCUT2D eigenvalue weighted by Crippen LogP contribution is 2.28. The molecule has 0 saturated heterocycles. The van der Waals surface area contributed by atoms with Crippen LogP contribution in [0.3, 0.4) is 0 Å². The molecule has 4 nitrogen and oxygen atoms in total. The van der Waals surface area contributed by atoms with Gasteiger partial charge in [-0.1, -0.05) is 33.6 Å². The summed E-state index contributed by atoms with van der Waals surface area (Å²) in [6.07, 6.45) is 1.51. The molecule has 1 unspecified atom stereocenters. The Labute approximate surface area is 113 Å². The normalized spacial score (nSPS) is 12.7. The second kappa shape index (κ2) is 5.16. The maximum absolute atomic E-state index is 6.17. The van der Waals surface area contributed by atoms with Crippen LogP contribution in [0.1, 0.15) is 24.4 Å². The van der Waals surface area contributed by atoms with Crippen LogP contribution >= 0.6 is 27.5 Å². The van der Waals surface area contributed by atoms with Gasteiger partial charge in [-0.2, -0.15) is 5.10 Å². The van der Waals surface area contributed by atoms with Gasteiger partial charge in [-0.25, -0.2) is 9.67 Å². The number of aryl methyl sites for hydroxylation is 1. The average Bonchev–Trinajstić information content (AvgIpc) is 2.76. The van der Waals surface area contributed by atoms with Gasteiger partial charge in [-0.3, -0.25) is 0 Å². The third-order valence-corrected chi connectivity index (χ3v) is 3.34. The van der Waals surface area contributed by atoms with Crippen molar-refractivity contribution in [2.24, 2.45) is 5.73 Å². The van der Waals surface area contributed by atoms with Crippen LogP contribution in [0.25, 0.3) is 0 Å². The van der Waals surface area contributed by atoms with Crippen LogP contribution in [0, 0.1) is 0 Å². The van der Waals surface area contributed by atoms with Gasteiger partial charge in [0, 0.05) is 16.0 Å². The number of benzene rings is 1. The molecule has 0 aliphatic rings. The number of hydrogen-bond acceptors (Lipinski definition) is 3. The van der Waals surface area contributed by atoms with Gasteiger partial charge in [0.15, 0.2) is 0 Å². The molecule has 0 bridgehead atoms. The number of aromatic nitrogens is 3. The smallest absolute Gasteiger partial charge is 0.148 e. The summed E-state index contributed by atoms with van der Waals surface area (Å²) in [4.78, 5) is 4.18. The number of nitrogens with two attached hydrogens (primary N) is 1. The second-order valence-electron chi connectivity index (χ2n) is 3.58. The first-order valence-corrected chi connectivity index (χ1v) is 6.38. The molecule has 0 aliphatic heterocycles. The molecule has 0 saturated carbocycles. The SMILES string of the molecule is CCn1ncnc1C(N)c1ccc(Br)cc1Cl. The Morgan fingerprint density at radius 1 is 1.53 bits per heavy atom. The van der Waals surface area contributed by atoms with E-state index < -0.39 is 0 Å². The average molecular weight is 316 g/mol. The molecular weight excluding hydrogens is 304 g/mol. The molecule has 2 aromatic rings. The minimum atomic E-state index is -0.363. The minimum Gasteiger partial charge on any atom is -0.318 e. The van der Waals surface area contributed by atoms with Gasteiger partial charge in [-0.05, 0) is 24.6 Å². The molecule has 90 valence electrons. The highest BCUT2D eigenvalue weighted by Gasteiger charge is 2.17.